The highest BCUT2D eigenvalue weighted by atomic mass is 16.5. The third kappa shape index (κ3) is 4.18. The Kier molecular flexibility index (Phi) is 6.03. The summed E-state index contributed by atoms with van der Waals surface area (Å²) in [6.45, 7) is 4.00. The van der Waals surface area contributed by atoms with Gasteiger partial charge >= 0.3 is 0 Å². The number of rotatable bonds is 5. The topological polar surface area (TPSA) is 90.6 Å². The second-order valence-electron chi connectivity index (χ2n) is 7.99. The van der Waals surface area contributed by atoms with E-state index in [1.165, 1.54) is 7.11 Å². The van der Waals surface area contributed by atoms with Crippen molar-refractivity contribution in [1.82, 2.24) is 20.2 Å². The molecule has 2 aromatic rings. The van der Waals surface area contributed by atoms with Crippen molar-refractivity contribution in [2.45, 2.75) is 31.2 Å². The number of H-pyrrole nitrogens is 1. The summed E-state index contributed by atoms with van der Waals surface area (Å²) < 4.78 is 5.07. The number of amides is 1. The molecule has 1 unspecified atom stereocenters. The number of aromatic amines is 1. The normalized spacial score (nSPS) is 20.3. The van der Waals surface area contributed by atoms with E-state index in [-0.39, 0.29) is 11.5 Å². The summed E-state index contributed by atoms with van der Waals surface area (Å²) in [7, 11) is 3.12. The minimum Gasteiger partial charge on any atom is -0.491 e. The van der Waals surface area contributed by atoms with Crippen molar-refractivity contribution in [2.24, 2.45) is 0 Å². The molecule has 2 N–H and O–H groups in total. The second kappa shape index (κ2) is 8.87. The lowest BCUT2D eigenvalue weighted by Gasteiger charge is -2.37. The van der Waals surface area contributed by atoms with Crippen LogP contribution < -0.4 is 20.5 Å². The molecule has 1 amide bonds. The Morgan fingerprint density at radius 2 is 1.97 bits per heavy atom. The summed E-state index contributed by atoms with van der Waals surface area (Å²) in [5.41, 5.74) is 2.35. The molecule has 4 heterocycles. The van der Waals surface area contributed by atoms with Crippen LogP contribution in [0.2, 0.25) is 0 Å². The smallest absolute Gasteiger partial charge is 0.290 e. The van der Waals surface area contributed by atoms with Gasteiger partial charge < -0.3 is 19.9 Å². The van der Waals surface area contributed by atoms with Gasteiger partial charge in [-0.1, -0.05) is 0 Å². The van der Waals surface area contributed by atoms with Crippen LogP contribution in [0.5, 0.6) is 5.75 Å². The van der Waals surface area contributed by atoms with Crippen molar-refractivity contribution in [3.05, 3.63) is 52.2 Å². The maximum Gasteiger partial charge on any atom is 0.290 e. The van der Waals surface area contributed by atoms with Crippen LogP contribution in [-0.4, -0.2) is 67.2 Å². The molecule has 160 valence electrons. The zero-order valence-corrected chi connectivity index (χ0v) is 17.6. The van der Waals surface area contributed by atoms with Crippen molar-refractivity contribution < 1.29 is 9.53 Å². The van der Waals surface area contributed by atoms with Gasteiger partial charge in [-0.15, -0.1) is 0 Å². The number of hydrogen-bond acceptors (Lipinski definition) is 6. The largest absolute Gasteiger partial charge is 0.491 e. The summed E-state index contributed by atoms with van der Waals surface area (Å²) in [6, 6.07) is 8.06. The number of hydrogen-bond donors (Lipinski definition) is 2. The van der Waals surface area contributed by atoms with E-state index in [4.69, 9.17) is 4.74 Å². The number of likely N-dealkylation sites (tertiary alicyclic amines) is 1. The average molecular weight is 412 g/mol. The molecule has 0 spiro atoms. The Balaban J connectivity index is 1.32. The summed E-state index contributed by atoms with van der Waals surface area (Å²) in [4.78, 5) is 35.9. The quantitative estimate of drug-likeness (QED) is 0.777. The van der Waals surface area contributed by atoms with Crippen LogP contribution in [0.3, 0.4) is 0 Å². The van der Waals surface area contributed by atoms with E-state index in [0.717, 1.165) is 56.8 Å². The Labute approximate surface area is 176 Å². The molecule has 0 radical (unpaired) electrons. The van der Waals surface area contributed by atoms with Gasteiger partial charge in [0.1, 0.15) is 5.69 Å². The van der Waals surface area contributed by atoms with Crippen LogP contribution >= 0.6 is 0 Å². The van der Waals surface area contributed by atoms with Gasteiger partial charge in [-0.25, -0.2) is 4.98 Å². The van der Waals surface area contributed by atoms with Crippen LogP contribution in [0.25, 0.3) is 0 Å². The molecule has 2 aromatic heterocycles. The van der Waals surface area contributed by atoms with Gasteiger partial charge in [0.05, 0.1) is 19.0 Å². The fraction of sp³-hybridized carbons (Fsp3) is 0.500. The Morgan fingerprint density at radius 1 is 1.17 bits per heavy atom. The highest BCUT2D eigenvalue weighted by molar-refractivity contribution is 5.92. The molecular formula is C22H29N5O3. The van der Waals surface area contributed by atoms with E-state index in [1.54, 1.807) is 25.4 Å². The van der Waals surface area contributed by atoms with E-state index in [9.17, 15) is 9.59 Å². The average Bonchev–Trinajstić information content (AvgIpc) is 3.29. The molecule has 0 aliphatic carbocycles. The number of carbonyl (C=O) groups excluding carboxylic acids is 1. The molecule has 8 nitrogen and oxygen atoms in total. The lowest BCUT2D eigenvalue weighted by Crippen LogP contribution is -2.44. The number of aromatic nitrogens is 2. The fourth-order valence-corrected chi connectivity index (χ4v) is 4.57. The highest BCUT2D eigenvalue weighted by Crippen LogP contribution is 2.31. The monoisotopic (exact) mass is 411 g/mol. The predicted molar refractivity (Wildman–Crippen MR) is 115 cm³/mol. The second-order valence-corrected chi connectivity index (χ2v) is 7.99. The SMILES string of the molecule is CNC(=O)c1ccc(N2CCC(N3CCC(c4ccc(OC)c(=O)[nH]4)C3)CC2)cn1. The summed E-state index contributed by atoms with van der Waals surface area (Å²) in [5.74, 6) is 0.559. The summed E-state index contributed by atoms with van der Waals surface area (Å²) in [5, 5.41) is 2.60. The van der Waals surface area contributed by atoms with E-state index >= 15 is 0 Å². The molecule has 0 aromatic carbocycles. The number of pyridine rings is 2. The van der Waals surface area contributed by atoms with Gasteiger partial charge in [0.2, 0.25) is 0 Å². The molecular weight excluding hydrogens is 382 g/mol. The zero-order chi connectivity index (χ0) is 21.1. The summed E-state index contributed by atoms with van der Waals surface area (Å²) >= 11 is 0. The molecule has 8 heteroatoms. The molecule has 0 bridgehead atoms. The summed E-state index contributed by atoms with van der Waals surface area (Å²) in [6.07, 6.45) is 5.05. The maximum atomic E-state index is 12.0. The number of nitrogens with zero attached hydrogens (tertiary/aromatic N) is 3. The minimum atomic E-state index is -0.165. The number of piperidine rings is 1. The van der Waals surface area contributed by atoms with Crippen LogP contribution in [0.1, 0.15) is 41.4 Å². The molecule has 2 saturated heterocycles. The third-order valence-corrected chi connectivity index (χ3v) is 6.33. The number of ether oxygens (including phenoxy) is 1. The van der Waals surface area contributed by atoms with Crippen molar-refractivity contribution >= 4 is 11.6 Å². The van der Waals surface area contributed by atoms with Gasteiger partial charge in [0, 0.05) is 44.3 Å². The molecule has 2 aliphatic rings. The van der Waals surface area contributed by atoms with Crippen molar-refractivity contribution in [3.63, 3.8) is 0 Å². The fourth-order valence-electron chi connectivity index (χ4n) is 4.57. The first-order valence-corrected chi connectivity index (χ1v) is 10.5. The van der Waals surface area contributed by atoms with E-state index in [2.05, 4.69) is 25.1 Å². The number of carbonyl (C=O) groups is 1. The van der Waals surface area contributed by atoms with Crippen LogP contribution in [0, 0.1) is 0 Å². The van der Waals surface area contributed by atoms with Crippen LogP contribution in [0.15, 0.2) is 35.3 Å². The van der Waals surface area contributed by atoms with Crippen LogP contribution in [0.4, 0.5) is 5.69 Å². The predicted octanol–water partition coefficient (Wildman–Crippen LogP) is 1.60. The van der Waals surface area contributed by atoms with Crippen LogP contribution in [-0.2, 0) is 0 Å². The van der Waals surface area contributed by atoms with Crippen molar-refractivity contribution in [1.29, 1.82) is 0 Å². The third-order valence-electron chi connectivity index (χ3n) is 6.33. The van der Waals surface area contributed by atoms with Gasteiger partial charge in [0.15, 0.2) is 5.75 Å². The molecule has 2 aliphatic heterocycles. The molecule has 0 saturated carbocycles. The van der Waals surface area contributed by atoms with Crippen molar-refractivity contribution in [3.8, 4) is 5.75 Å². The Bertz CT molecular complexity index is 935. The first-order chi connectivity index (χ1) is 14.6. The lowest BCUT2D eigenvalue weighted by atomic mass is 10.0. The lowest BCUT2D eigenvalue weighted by molar-refractivity contribution is 0.0958. The standard InChI is InChI=1S/C22H29N5O3/c1-23-21(28)19-4-3-17(13-24-19)26-11-8-16(9-12-26)27-10-7-15(14-27)18-5-6-20(30-2)22(29)25-18/h3-6,13,15-16H,7-12,14H2,1-2H3,(H,23,28)(H,25,29). The molecule has 30 heavy (non-hydrogen) atoms. The van der Waals surface area contributed by atoms with E-state index in [0.29, 0.717) is 23.4 Å². The Morgan fingerprint density at radius 3 is 2.60 bits per heavy atom. The van der Waals surface area contributed by atoms with E-state index < -0.39 is 0 Å². The van der Waals surface area contributed by atoms with E-state index in [1.807, 2.05) is 12.1 Å². The number of anilines is 1. The Hall–Kier alpha value is -2.87. The highest BCUT2D eigenvalue weighted by Gasteiger charge is 2.32. The minimum absolute atomic E-state index is 0.155. The molecule has 4 rings (SSSR count). The maximum absolute atomic E-state index is 12.0. The molecule has 2 fully saturated rings. The molecule has 1 atom stereocenters. The van der Waals surface area contributed by atoms with Crippen molar-refractivity contribution in [2.75, 3.05) is 45.2 Å². The van der Waals surface area contributed by atoms with Gasteiger partial charge in [0.25, 0.3) is 11.5 Å². The van der Waals surface area contributed by atoms with Gasteiger partial charge in [-0.05, 0) is 50.1 Å². The van der Waals surface area contributed by atoms with Gasteiger partial charge in [-0.3, -0.25) is 14.5 Å². The first-order valence-electron chi connectivity index (χ1n) is 10.5. The zero-order valence-electron chi connectivity index (χ0n) is 17.6. The number of nitrogens with one attached hydrogen (secondary N) is 2. The first kappa shape index (κ1) is 20.4. The number of methoxy groups -OCH3 is 1. The van der Waals surface area contributed by atoms with Gasteiger partial charge in [-0.2, -0.15) is 0 Å².